The van der Waals surface area contributed by atoms with Crippen LogP contribution in [0.15, 0.2) is 60.8 Å². The van der Waals surface area contributed by atoms with Crippen molar-refractivity contribution in [2.45, 2.75) is 25.4 Å². The van der Waals surface area contributed by atoms with Gasteiger partial charge in [-0.3, -0.25) is 4.98 Å². The van der Waals surface area contributed by atoms with E-state index in [4.69, 9.17) is 23.2 Å². The van der Waals surface area contributed by atoms with Gasteiger partial charge in [-0.15, -0.1) is 0 Å². The second-order valence-corrected chi connectivity index (χ2v) is 7.63. The molecule has 32 heavy (non-hydrogen) atoms. The van der Waals surface area contributed by atoms with Crippen LogP contribution in [0, 0.1) is 0 Å². The highest BCUT2D eigenvalue weighted by atomic mass is 35.5. The zero-order chi connectivity index (χ0) is 23.3. The van der Waals surface area contributed by atoms with Gasteiger partial charge in [0.25, 0.3) is 0 Å². The van der Waals surface area contributed by atoms with Crippen LogP contribution in [0.1, 0.15) is 34.0 Å². The number of carbonyl (C=O) groups excluding carboxylic acids is 1. The maximum absolute atomic E-state index is 13.6. The van der Waals surface area contributed by atoms with E-state index < -0.39 is 30.5 Å². The molecule has 0 saturated carbocycles. The predicted molar refractivity (Wildman–Crippen MR) is 114 cm³/mol. The fourth-order valence-electron chi connectivity index (χ4n) is 3.01. The zero-order valence-electron chi connectivity index (χ0n) is 16.4. The molecule has 1 atom stereocenters. The summed E-state index contributed by atoms with van der Waals surface area (Å²) >= 11 is 11.8. The van der Waals surface area contributed by atoms with Crippen molar-refractivity contribution in [3.63, 3.8) is 0 Å². The number of hydrogen-bond donors (Lipinski definition) is 2. The predicted octanol–water partition coefficient (Wildman–Crippen LogP) is 6.47. The van der Waals surface area contributed by atoms with Gasteiger partial charge in [0.1, 0.15) is 6.67 Å². The Morgan fingerprint density at radius 3 is 2.31 bits per heavy atom. The van der Waals surface area contributed by atoms with Gasteiger partial charge in [-0.2, -0.15) is 13.2 Å². The minimum atomic E-state index is -4.68. The summed E-state index contributed by atoms with van der Waals surface area (Å²) < 4.78 is 53.6. The van der Waals surface area contributed by atoms with E-state index in [1.807, 2.05) is 0 Å². The molecule has 3 rings (SSSR count). The maximum atomic E-state index is 13.6. The molecule has 0 radical (unpaired) electrons. The van der Waals surface area contributed by atoms with Gasteiger partial charge in [0.05, 0.1) is 27.3 Å². The van der Waals surface area contributed by atoms with E-state index in [1.165, 1.54) is 36.5 Å². The highest BCUT2D eigenvalue weighted by molar-refractivity contribution is 6.42. The standard InChI is InChI=1S/C22H17Cl2F4N3O/c23-17-8-5-14(10-18(17)24)12-30-21(32)31-19(15-6-3-13(11-25)4-7-15)20-16(22(26,27)28)2-1-9-29-20/h1-10,19H,11-12H2,(H2,30,31,32)/t19-/m0/s1. The molecule has 168 valence electrons. The minimum absolute atomic E-state index is 0.0601. The molecule has 0 unspecified atom stereocenters. The molecule has 1 heterocycles. The number of hydrogen-bond acceptors (Lipinski definition) is 2. The van der Waals surface area contributed by atoms with Crippen LogP contribution in [0.2, 0.25) is 10.0 Å². The zero-order valence-corrected chi connectivity index (χ0v) is 17.9. The van der Waals surface area contributed by atoms with Crippen LogP contribution < -0.4 is 10.6 Å². The molecule has 0 aliphatic heterocycles. The van der Waals surface area contributed by atoms with Crippen molar-refractivity contribution in [3.8, 4) is 0 Å². The average molecular weight is 486 g/mol. The molecule has 10 heteroatoms. The minimum Gasteiger partial charge on any atom is -0.334 e. The normalized spacial score (nSPS) is 12.3. The molecule has 0 bridgehead atoms. The number of rotatable bonds is 6. The SMILES string of the molecule is O=C(NCc1ccc(Cl)c(Cl)c1)N[C@@H](c1ccc(CF)cc1)c1ncccc1C(F)(F)F. The Balaban J connectivity index is 1.87. The summed E-state index contributed by atoms with van der Waals surface area (Å²) in [5.41, 5.74) is -0.0426. The van der Waals surface area contributed by atoms with Gasteiger partial charge in [0.2, 0.25) is 0 Å². The van der Waals surface area contributed by atoms with Crippen molar-refractivity contribution in [2.24, 2.45) is 0 Å². The van der Waals surface area contributed by atoms with Gasteiger partial charge in [-0.1, -0.05) is 53.5 Å². The molecule has 2 amide bonds. The maximum Gasteiger partial charge on any atom is 0.418 e. The van der Waals surface area contributed by atoms with Gasteiger partial charge in [0.15, 0.2) is 0 Å². The smallest absolute Gasteiger partial charge is 0.334 e. The van der Waals surface area contributed by atoms with Crippen LogP contribution in [0.3, 0.4) is 0 Å². The quantitative estimate of drug-likeness (QED) is 0.393. The molecule has 4 nitrogen and oxygen atoms in total. The Kier molecular flexibility index (Phi) is 7.58. The van der Waals surface area contributed by atoms with E-state index in [0.29, 0.717) is 26.7 Å². The van der Waals surface area contributed by atoms with Crippen LogP contribution >= 0.6 is 23.2 Å². The van der Waals surface area contributed by atoms with Crippen molar-refractivity contribution in [1.29, 1.82) is 0 Å². The van der Waals surface area contributed by atoms with Crippen LogP contribution in [0.4, 0.5) is 22.4 Å². The topological polar surface area (TPSA) is 54.0 Å². The highest BCUT2D eigenvalue weighted by Gasteiger charge is 2.37. The first-order valence-electron chi connectivity index (χ1n) is 9.34. The lowest BCUT2D eigenvalue weighted by Crippen LogP contribution is -2.39. The number of amides is 2. The number of pyridine rings is 1. The molecule has 0 aliphatic carbocycles. The summed E-state index contributed by atoms with van der Waals surface area (Å²) in [7, 11) is 0. The third-order valence-corrected chi connectivity index (χ3v) is 5.34. The highest BCUT2D eigenvalue weighted by Crippen LogP contribution is 2.35. The molecular formula is C22H17Cl2F4N3O. The number of urea groups is 1. The van der Waals surface area contributed by atoms with Crippen molar-refractivity contribution in [3.05, 3.63) is 98.8 Å². The van der Waals surface area contributed by atoms with Gasteiger partial charge in [-0.25, -0.2) is 9.18 Å². The molecule has 0 aliphatic rings. The van der Waals surface area contributed by atoms with Gasteiger partial charge >= 0.3 is 12.2 Å². The molecule has 0 saturated heterocycles. The van der Waals surface area contributed by atoms with E-state index in [0.717, 1.165) is 6.07 Å². The summed E-state index contributed by atoms with van der Waals surface area (Å²) in [4.78, 5) is 16.4. The lowest BCUT2D eigenvalue weighted by atomic mass is 9.98. The second kappa shape index (κ2) is 10.2. The lowest BCUT2D eigenvalue weighted by molar-refractivity contribution is -0.138. The molecule has 3 aromatic rings. The summed E-state index contributed by atoms with van der Waals surface area (Å²) in [5.74, 6) is 0. The van der Waals surface area contributed by atoms with E-state index in [-0.39, 0.29) is 12.2 Å². The fourth-order valence-corrected chi connectivity index (χ4v) is 3.33. The van der Waals surface area contributed by atoms with E-state index in [9.17, 15) is 22.4 Å². The number of nitrogens with zero attached hydrogens (tertiary/aromatic N) is 1. The third kappa shape index (κ3) is 5.89. The molecule has 2 aromatic carbocycles. The molecular weight excluding hydrogens is 469 g/mol. The number of aromatic nitrogens is 1. The monoisotopic (exact) mass is 485 g/mol. The van der Waals surface area contributed by atoms with Gasteiger partial charge < -0.3 is 10.6 Å². The number of benzene rings is 2. The Morgan fingerprint density at radius 2 is 1.69 bits per heavy atom. The summed E-state index contributed by atoms with van der Waals surface area (Å²) in [6.45, 7) is -0.662. The van der Waals surface area contributed by atoms with Crippen molar-refractivity contribution in [2.75, 3.05) is 0 Å². The van der Waals surface area contributed by atoms with E-state index in [2.05, 4.69) is 15.6 Å². The molecule has 0 spiro atoms. The van der Waals surface area contributed by atoms with Crippen LogP contribution in [0.25, 0.3) is 0 Å². The summed E-state index contributed by atoms with van der Waals surface area (Å²) in [5, 5.41) is 5.77. The first kappa shape index (κ1) is 23.8. The Bertz CT molecular complexity index is 1090. The van der Waals surface area contributed by atoms with Crippen LogP contribution in [-0.2, 0) is 19.4 Å². The average Bonchev–Trinajstić information content (AvgIpc) is 2.78. The van der Waals surface area contributed by atoms with Gasteiger partial charge in [0, 0.05) is 12.7 Å². The molecule has 0 fully saturated rings. The second-order valence-electron chi connectivity index (χ2n) is 6.82. The van der Waals surface area contributed by atoms with Crippen molar-refractivity contribution < 1.29 is 22.4 Å². The van der Waals surface area contributed by atoms with Crippen LogP contribution in [0.5, 0.6) is 0 Å². The number of nitrogens with one attached hydrogen (secondary N) is 2. The Labute approximate surface area is 191 Å². The first-order chi connectivity index (χ1) is 15.2. The van der Waals surface area contributed by atoms with Crippen LogP contribution in [-0.4, -0.2) is 11.0 Å². The fraction of sp³-hybridized carbons (Fsp3) is 0.182. The lowest BCUT2D eigenvalue weighted by Gasteiger charge is -2.23. The van der Waals surface area contributed by atoms with Gasteiger partial charge in [-0.05, 0) is 41.0 Å². The van der Waals surface area contributed by atoms with Crippen molar-refractivity contribution in [1.82, 2.24) is 15.6 Å². The first-order valence-corrected chi connectivity index (χ1v) is 10.1. The Morgan fingerprint density at radius 1 is 1.00 bits per heavy atom. The number of halogens is 6. The molecule has 1 aromatic heterocycles. The van der Waals surface area contributed by atoms with E-state index in [1.54, 1.807) is 18.2 Å². The Hall–Kier alpha value is -2.84. The summed E-state index contributed by atoms with van der Waals surface area (Å²) in [6.07, 6.45) is -3.47. The third-order valence-electron chi connectivity index (χ3n) is 4.60. The summed E-state index contributed by atoms with van der Waals surface area (Å²) in [6, 6.07) is 10.7. The number of alkyl halides is 4. The van der Waals surface area contributed by atoms with Crippen molar-refractivity contribution >= 4 is 29.2 Å². The number of carbonyl (C=O) groups is 1. The largest absolute Gasteiger partial charge is 0.418 e. The molecule has 2 N–H and O–H groups in total. The van der Waals surface area contributed by atoms with E-state index >= 15 is 0 Å².